The zero-order valence-corrected chi connectivity index (χ0v) is 32.5. The first kappa shape index (κ1) is 43.7. The second-order valence-electron chi connectivity index (χ2n) is 14.0. The van der Waals surface area contributed by atoms with E-state index in [-0.39, 0.29) is 0 Å². The average Bonchev–Trinajstić information content (AvgIpc) is 3.06. The van der Waals surface area contributed by atoms with E-state index in [9.17, 15) is 0 Å². The van der Waals surface area contributed by atoms with Crippen LogP contribution in [0.2, 0.25) is 0 Å². The van der Waals surface area contributed by atoms with Gasteiger partial charge in [-0.2, -0.15) is 0 Å². The third kappa shape index (κ3) is 16.5. The molecule has 46 heavy (non-hydrogen) atoms. The van der Waals surface area contributed by atoms with E-state index in [2.05, 4.69) is 119 Å². The molecule has 0 bridgehead atoms. The van der Waals surface area contributed by atoms with E-state index in [1.165, 1.54) is 99.6 Å². The first-order valence-corrected chi connectivity index (χ1v) is 18.9. The summed E-state index contributed by atoms with van der Waals surface area (Å²) in [6, 6.07) is 9.20. The van der Waals surface area contributed by atoms with Crippen LogP contribution in [-0.4, -0.2) is 13.1 Å². The minimum atomic E-state index is 0.764. The zero-order chi connectivity index (χ0) is 35.1. The predicted molar refractivity (Wildman–Crippen MR) is 212 cm³/mol. The molecule has 2 aromatic carbocycles. The highest BCUT2D eigenvalue weighted by Crippen LogP contribution is 2.36. The Hall–Kier alpha value is -2.32. The van der Waals surface area contributed by atoms with Gasteiger partial charge in [-0.05, 0) is 142 Å². The molecule has 2 aromatic rings. The van der Waals surface area contributed by atoms with Crippen LogP contribution in [0.25, 0.3) is 0 Å². The number of nitrogens with two attached hydrogens (primary N) is 1. The van der Waals surface area contributed by atoms with Gasteiger partial charge in [-0.25, -0.2) is 0 Å². The number of aryl methyl sites for hydroxylation is 2. The Morgan fingerprint density at radius 3 is 1.85 bits per heavy atom. The molecule has 0 radical (unpaired) electrons. The number of anilines is 1. The Labute approximate surface area is 288 Å². The van der Waals surface area contributed by atoms with Crippen molar-refractivity contribution in [3.05, 3.63) is 88.5 Å². The molecule has 1 aliphatic rings. The Morgan fingerprint density at radius 2 is 1.39 bits per heavy atom. The van der Waals surface area contributed by atoms with Gasteiger partial charge in [-0.15, -0.1) is 0 Å². The van der Waals surface area contributed by atoms with Crippen LogP contribution in [0.5, 0.6) is 0 Å². The van der Waals surface area contributed by atoms with Crippen LogP contribution < -0.4 is 11.1 Å². The monoisotopic (exact) mass is 633 g/mol. The van der Waals surface area contributed by atoms with Gasteiger partial charge in [0.15, 0.2) is 0 Å². The molecule has 1 unspecified atom stereocenters. The summed E-state index contributed by atoms with van der Waals surface area (Å²) in [6.45, 7) is 34.0. The molecule has 0 aromatic heterocycles. The summed E-state index contributed by atoms with van der Waals surface area (Å²) in [5.41, 5.74) is 17.5. The summed E-state index contributed by atoms with van der Waals surface area (Å²) in [6.07, 6.45) is 17.2. The van der Waals surface area contributed by atoms with Crippen molar-refractivity contribution in [2.75, 3.05) is 18.8 Å². The van der Waals surface area contributed by atoms with Crippen molar-refractivity contribution in [3.8, 4) is 0 Å². The third-order valence-electron chi connectivity index (χ3n) is 9.81. The minimum Gasteiger partial charge on any atom is -0.398 e. The molecule has 0 amide bonds. The normalized spacial score (nSPS) is 13.5. The highest BCUT2D eigenvalue weighted by molar-refractivity contribution is 5.53. The molecule has 2 heteroatoms. The number of nitrogen functional groups attached to an aromatic ring is 1. The van der Waals surface area contributed by atoms with Crippen LogP contribution in [0.4, 0.5) is 5.69 Å². The molecule has 1 heterocycles. The SMILES string of the molecule is C=CC=C.CCC(C)C.CCCC(CCC)c1cc(C)cc(C2CCNCC2)c1C.CCc1c(N)ccc(CCC(C)CC)c1C. The number of piperidine rings is 1. The molecule has 3 N–H and O–H groups in total. The van der Waals surface area contributed by atoms with Crippen LogP contribution in [0.1, 0.15) is 164 Å². The summed E-state index contributed by atoms with van der Waals surface area (Å²) in [4.78, 5) is 0. The zero-order valence-electron chi connectivity index (χ0n) is 32.5. The molecule has 262 valence electrons. The Bertz CT molecular complexity index is 1080. The number of nitrogens with one attached hydrogen (secondary N) is 1. The van der Waals surface area contributed by atoms with Gasteiger partial charge in [0.25, 0.3) is 0 Å². The average molecular weight is 633 g/mol. The molecule has 0 aliphatic carbocycles. The fourth-order valence-electron chi connectivity index (χ4n) is 6.22. The topological polar surface area (TPSA) is 38.0 Å². The number of hydrogen-bond acceptors (Lipinski definition) is 2. The largest absolute Gasteiger partial charge is 0.398 e. The maximum Gasteiger partial charge on any atom is 0.0349 e. The lowest BCUT2D eigenvalue weighted by Gasteiger charge is -2.28. The first-order chi connectivity index (χ1) is 21.9. The lowest BCUT2D eigenvalue weighted by Crippen LogP contribution is -2.27. The summed E-state index contributed by atoms with van der Waals surface area (Å²) in [5, 5.41) is 3.50. The molecule has 1 saturated heterocycles. The number of allylic oxidation sites excluding steroid dienone is 2. The lowest BCUT2D eigenvalue weighted by molar-refractivity contribution is 0.457. The molecule has 1 atom stereocenters. The summed E-state index contributed by atoms with van der Waals surface area (Å²) >= 11 is 0. The van der Waals surface area contributed by atoms with E-state index in [4.69, 9.17) is 5.73 Å². The fraction of sp³-hybridized carbons (Fsp3) is 0.636. The second-order valence-corrected chi connectivity index (χ2v) is 14.0. The molecule has 3 rings (SSSR count). The molecule has 2 nitrogen and oxygen atoms in total. The summed E-state index contributed by atoms with van der Waals surface area (Å²) in [7, 11) is 0. The highest BCUT2D eigenvalue weighted by atomic mass is 14.9. The Kier molecular flexibility index (Phi) is 24.4. The lowest BCUT2D eigenvalue weighted by atomic mass is 9.80. The maximum atomic E-state index is 5.98. The van der Waals surface area contributed by atoms with Crippen molar-refractivity contribution in [3.63, 3.8) is 0 Å². The van der Waals surface area contributed by atoms with Gasteiger partial charge in [-0.1, -0.05) is 130 Å². The van der Waals surface area contributed by atoms with Crippen LogP contribution in [0, 0.1) is 32.6 Å². The van der Waals surface area contributed by atoms with Crippen molar-refractivity contribution in [1.82, 2.24) is 5.32 Å². The van der Waals surface area contributed by atoms with Gasteiger partial charge in [-0.3, -0.25) is 0 Å². The van der Waals surface area contributed by atoms with Crippen molar-refractivity contribution < 1.29 is 0 Å². The Morgan fingerprint density at radius 1 is 0.826 bits per heavy atom. The van der Waals surface area contributed by atoms with E-state index in [0.29, 0.717) is 0 Å². The number of benzene rings is 2. The maximum absolute atomic E-state index is 5.98. The predicted octanol–water partition coefficient (Wildman–Crippen LogP) is 13.0. The van der Waals surface area contributed by atoms with Gasteiger partial charge >= 0.3 is 0 Å². The van der Waals surface area contributed by atoms with E-state index in [1.54, 1.807) is 28.8 Å². The molecule has 1 aliphatic heterocycles. The Balaban J connectivity index is 0.000000712. The fourth-order valence-corrected chi connectivity index (χ4v) is 6.22. The minimum absolute atomic E-state index is 0.764. The van der Waals surface area contributed by atoms with Crippen LogP contribution in [0.15, 0.2) is 49.6 Å². The third-order valence-corrected chi connectivity index (χ3v) is 9.81. The molecule has 0 spiro atoms. The smallest absolute Gasteiger partial charge is 0.0349 e. The second kappa shape index (κ2) is 25.7. The van der Waals surface area contributed by atoms with Gasteiger partial charge in [0.2, 0.25) is 0 Å². The highest BCUT2D eigenvalue weighted by Gasteiger charge is 2.21. The van der Waals surface area contributed by atoms with Crippen molar-refractivity contribution >= 4 is 5.69 Å². The van der Waals surface area contributed by atoms with Gasteiger partial charge < -0.3 is 11.1 Å². The summed E-state index contributed by atoms with van der Waals surface area (Å²) < 4.78 is 0. The molecular formula is C44H76N2. The van der Waals surface area contributed by atoms with Gasteiger partial charge in [0, 0.05) is 5.69 Å². The van der Waals surface area contributed by atoms with E-state index >= 15 is 0 Å². The molecule has 0 saturated carbocycles. The van der Waals surface area contributed by atoms with E-state index in [0.717, 1.165) is 35.8 Å². The van der Waals surface area contributed by atoms with Crippen molar-refractivity contribution in [1.29, 1.82) is 0 Å². The number of rotatable bonds is 13. The van der Waals surface area contributed by atoms with Crippen LogP contribution >= 0.6 is 0 Å². The van der Waals surface area contributed by atoms with Crippen LogP contribution in [-0.2, 0) is 12.8 Å². The van der Waals surface area contributed by atoms with Crippen molar-refractivity contribution in [2.45, 2.75) is 159 Å². The first-order valence-electron chi connectivity index (χ1n) is 18.9. The molecule has 1 fully saturated rings. The standard InChI is InChI=1S/C20H33N.C15H25N.C5H12.C4H6/c1-5-7-17(8-6-2)19-13-15(3)14-20(16(19)4)18-9-11-21-12-10-18;1-5-11(3)7-8-13-9-10-15(16)14(6-2)12(13)4;1-4-5(2)3;1-3-4-2/h13-14,17-18,21H,5-12H2,1-4H3;9-11H,5-8,16H2,1-4H3;5H,4H2,1-3H3;3-4H,1-2H2. The summed E-state index contributed by atoms with van der Waals surface area (Å²) in [5.74, 6) is 3.24. The van der Waals surface area contributed by atoms with Crippen LogP contribution in [0.3, 0.4) is 0 Å². The van der Waals surface area contributed by atoms with Gasteiger partial charge in [0.05, 0.1) is 0 Å². The number of hydrogen-bond donors (Lipinski definition) is 2. The van der Waals surface area contributed by atoms with Gasteiger partial charge in [0.1, 0.15) is 0 Å². The van der Waals surface area contributed by atoms with Crippen molar-refractivity contribution in [2.24, 2.45) is 11.8 Å². The van der Waals surface area contributed by atoms with E-state index in [1.807, 2.05) is 0 Å². The quantitative estimate of drug-likeness (QED) is 0.170. The molecular weight excluding hydrogens is 556 g/mol. The van der Waals surface area contributed by atoms with E-state index < -0.39 is 0 Å².